The van der Waals surface area contributed by atoms with Gasteiger partial charge in [-0.2, -0.15) is 9.97 Å². The number of carbonyl (C=O) groups is 1. The van der Waals surface area contributed by atoms with Crippen LogP contribution in [0, 0.1) is 0 Å². The lowest BCUT2D eigenvalue weighted by Crippen LogP contribution is -2.40. The molecule has 0 unspecified atom stereocenters. The normalized spacial score (nSPS) is 21.4. The van der Waals surface area contributed by atoms with Crippen LogP contribution in [0.1, 0.15) is 54.2 Å². The Hall–Kier alpha value is -5.90. The van der Waals surface area contributed by atoms with Gasteiger partial charge in [0, 0.05) is 43.9 Å². The summed E-state index contributed by atoms with van der Waals surface area (Å²) in [6, 6.07) is 25.3. The Bertz CT molecular complexity index is 2110. The zero-order valence-electron chi connectivity index (χ0n) is 29.0. The maximum absolute atomic E-state index is 12.8. The topological polar surface area (TPSA) is 189 Å². The largest absolute Gasteiger partial charge is 0.387 e. The summed E-state index contributed by atoms with van der Waals surface area (Å²) in [6.07, 6.45) is 1.51. The Morgan fingerprint density at radius 3 is 2.47 bits per heavy atom. The molecule has 2 aromatic carbocycles. The number of fused-ring (bicyclic) bond motifs is 1. The number of urea groups is 1. The molecule has 2 amide bonds. The molecule has 6 aromatic rings. The van der Waals surface area contributed by atoms with Crippen LogP contribution >= 0.6 is 0 Å². The van der Waals surface area contributed by atoms with Crippen molar-refractivity contribution in [3.63, 3.8) is 0 Å². The highest BCUT2D eigenvalue weighted by Crippen LogP contribution is 2.41. The molecule has 53 heavy (non-hydrogen) atoms. The van der Waals surface area contributed by atoms with Crippen LogP contribution in [0.25, 0.3) is 11.2 Å². The number of aliphatic hydroxyl groups is 2. The fraction of sp³-hybridized carbons (Fsp3) is 0.316. The van der Waals surface area contributed by atoms with E-state index in [2.05, 4.69) is 50.4 Å². The SMILES string of the molecule is CCc1cc([C@H]2O[C@@H](n3cnc4c(NCC(c5ccccc5)c5ccccc5)nc(N5CC[C@@H](NC(=O)Nc6cccnc6)C5)nc43)[C@H](O)[C@@H]2O)on1. The molecule has 4 aromatic heterocycles. The minimum absolute atomic E-state index is 0.00236. The van der Waals surface area contributed by atoms with Gasteiger partial charge in [0.2, 0.25) is 5.95 Å². The summed E-state index contributed by atoms with van der Waals surface area (Å²) < 4.78 is 13.3. The first kappa shape index (κ1) is 34.2. The van der Waals surface area contributed by atoms with E-state index in [0.29, 0.717) is 72.5 Å². The Labute approximate surface area is 305 Å². The molecule has 2 aliphatic rings. The number of imidazole rings is 1. The maximum Gasteiger partial charge on any atom is 0.319 e. The van der Waals surface area contributed by atoms with E-state index >= 15 is 0 Å². The molecule has 5 N–H and O–H groups in total. The number of amides is 2. The molecule has 6 heterocycles. The molecule has 2 aliphatic heterocycles. The number of hydrogen-bond acceptors (Lipinski definition) is 12. The molecule has 272 valence electrons. The lowest BCUT2D eigenvalue weighted by atomic mass is 9.91. The first-order valence-corrected chi connectivity index (χ1v) is 17.7. The van der Waals surface area contributed by atoms with Gasteiger partial charge in [-0.3, -0.25) is 9.55 Å². The molecule has 8 rings (SSSR count). The number of aryl methyl sites for hydroxylation is 1. The molecule has 0 saturated carbocycles. The van der Waals surface area contributed by atoms with Crippen molar-refractivity contribution < 1.29 is 24.3 Å². The quantitative estimate of drug-likeness (QED) is 0.127. The fourth-order valence-corrected chi connectivity index (χ4v) is 6.96. The molecular weight excluding hydrogens is 676 g/mol. The van der Waals surface area contributed by atoms with E-state index in [4.69, 9.17) is 24.2 Å². The predicted molar refractivity (Wildman–Crippen MR) is 196 cm³/mol. The van der Waals surface area contributed by atoms with Crippen LogP contribution in [0.15, 0.2) is 102 Å². The summed E-state index contributed by atoms with van der Waals surface area (Å²) in [5, 5.41) is 35.8. The van der Waals surface area contributed by atoms with E-state index < -0.39 is 24.5 Å². The van der Waals surface area contributed by atoms with Crippen LogP contribution in [0.4, 0.5) is 22.2 Å². The van der Waals surface area contributed by atoms with Crippen molar-refractivity contribution in [2.75, 3.05) is 35.2 Å². The van der Waals surface area contributed by atoms with Crippen molar-refractivity contribution in [2.24, 2.45) is 0 Å². The Kier molecular flexibility index (Phi) is 9.67. The predicted octanol–water partition coefficient (Wildman–Crippen LogP) is 4.41. The Morgan fingerprint density at radius 1 is 1.00 bits per heavy atom. The highest BCUT2D eigenvalue weighted by Gasteiger charge is 2.47. The van der Waals surface area contributed by atoms with Crippen LogP contribution in [0.5, 0.6) is 0 Å². The van der Waals surface area contributed by atoms with Gasteiger partial charge in [0.1, 0.15) is 18.3 Å². The standard InChI is InChI=1S/C38H40N10O5/c1-2-25-18-29(53-46-25)33-31(49)32(50)36(52-33)48-22-41-30-34(40-20-28(23-10-5-3-6-11-23)24-12-7-4-8-13-24)44-37(45-35(30)48)47-17-15-27(21-47)43-38(51)42-26-14-9-16-39-19-26/h3-14,16,18-19,22,27-28,31-33,36,49-50H,2,15,17,20-21H2,1H3,(H,40,44,45)(H2,42,43,51)/t27-,31+,32-,33-,36-/m1/s1. The number of hydrogen-bond donors (Lipinski definition) is 5. The van der Waals surface area contributed by atoms with Crippen molar-refractivity contribution in [2.45, 2.75) is 56.3 Å². The third kappa shape index (κ3) is 7.13. The second-order valence-electron chi connectivity index (χ2n) is 13.2. The number of aliphatic hydroxyl groups excluding tert-OH is 2. The van der Waals surface area contributed by atoms with E-state index in [1.165, 1.54) is 6.33 Å². The van der Waals surface area contributed by atoms with Gasteiger partial charge in [-0.15, -0.1) is 0 Å². The summed E-state index contributed by atoms with van der Waals surface area (Å²) in [5.74, 6) is 1.24. The lowest BCUT2D eigenvalue weighted by molar-refractivity contribution is -0.0434. The van der Waals surface area contributed by atoms with Crippen LogP contribution in [-0.2, 0) is 11.2 Å². The number of nitrogens with zero attached hydrogens (tertiary/aromatic N) is 7. The number of carbonyl (C=O) groups excluding carboxylic acids is 1. The fourth-order valence-electron chi connectivity index (χ4n) is 6.96. The van der Waals surface area contributed by atoms with E-state index in [9.17, 15) is 15.0 Å². The van der Waals surface area contributed by atoms with Gasteiger partial charge in [0.25, 0.3) is 0 Å². The monoisotopic (exact) mass is 716 g/mol. The summed E-state index contributed by atoms with van der Waals surface area (Å²) in [7, 11) is 0. The number of ether oxygens (including phenoxy) is 1. The number of nitrogens with one attached hydrogen (secondary N) is 3. The van der Waals surface area contributed by atoms with Gasteiger partial charge in [-0.25, -0.2) is 9.78 Å². The summed E-state index contributed by atoms with van der Waals surface area (Å²) in [6.45, 7) is 3.50. The van der Waals surface area contributed by atoms with Gasteiger partial charge in [0.05, 0.1) is 23.9 Å². The van der Waals surface area contributed by atoms with Gasteiger partial charge >= 0.3 is 6.03 Å². The number of anilines is 3. The molecule has 2 fully saturated rings. The van der Waals surface area contributed by atoms with Gasteiger partial charge in [-0.05, 0) is 36.1 Å². The zero-order valence-corrected chi connectivity index (χ0v) is 29.0. The molecule has 0 aliphatic carbocycles. The number of pyridine rings is 1. The Morgan fingerprint density at radius 2 is 1.77 bits per heavy atom. The van der Waals surface area contributed by atoms with E-state index in [1.807, 2.05) is 48.2 Å². The molecule has 0 bridgehead atoms. The van der Waals surface area contributed by atoms with Crippen molar-refractivity contribution >= 4 is 34.6 Å². The molecule has 2 saturated heterocycles. The van der Waals surface area contributed by atoms with Gasteiger partial charge in [-0.1, -0.05) is 72.7 Å². The number of rotatable bonds is 11. The molecule has 0 spiro atoms. The summed E-state index contributed by atoms with van der Waals surface area (Å²) in [4.78, 5) is 33.5. The first-order chi connectivity index (χ1) is 25.9. The van der Waals surface area contributed by atoms with Crippen LogP contribution in [-0.4, -0.2) is 83.8 Å². The van der Waals surface area contributed by atoms with Crippen molar-refractivity contribution in [3.05, 3.63) is 120 Å². The van der Waals surface area contributed by atoms with Crippen LogP contribution < -0.4 is 20.9 Å². The summed E-state index contributed by atoms with van der Waals surface area (Å²) in [5.41, 5.74) is 4.47. The minimum Gasteiger partial charge on any atom is -0.387 e. The van der Waals surface area contributed by atoms with Crippen LogP contribution in [0.2, 0.25) is 0 Å². The van der Waals surface area contributed by atoms with E-state index in [1.54, 1.807) is 35.2 Å². The average Bonchev–Trinajstić information content (AvgIpc) is 4.00. The van der Waals surface area contributed by atoms with E-state index in [-0.39, 0.29) is 18.0 Å². The third-order valence-electron chi connectivity index (χ3n) is 9.75. The minimum atomic E-state index is -1.32. The zero-order chi connectivity index (χ0) is 36.3. The van der Waals surface area contributed by atoms with Crippen molar-refractivity contribution in [1.82, 2.24) is 35.0 Å². The maximum atomic E-state index is 12.8. The smallest absolute Gasteiger partial charge is 0.319 e. The molecule has 5 atom stereocenters. The average molecular weight is 717 g/mol. The Balaban J connectivity index is 1.10. The van der Waals surface area contributed by atoms with Crippen molar-refractivity contribution in [1.29, 1.82) is 0 Å². The van der Waals surface area contributed by atoms with E-state index in [0.717, 1.165) is 11.1 Å². The molecule has 15 nitrogen and oxygen atoms in total. The second kappa shape index (κ2) is 15.0. The van der Waals surface area contributed by atoms with Crippen molar-refractivity contribution in [3.8, 4) is 0 Å². The molecular formula is C38H40N10O5. The number of aromatic nitrogens is 6. The lowest BCUT2D eigenvalue weighted by Gasteiger charge is -2.22. The second-order valence-corrected chi connectivity index (χ2v) is 13.2. The molecule has 15 heteroatoms. The summed E-state index contributed by atoms with van der Waals surface area (Å²) >= 11 is 0. The highest BCUT2D eigenvalue weighted by molar-refractivity contribution is 5.89. The third-order valence-corrected chi connectivity index (χ3v) is 9.75. The highest BCUT2D eigenvalue weighted by atomic mass is 16.6. The first-order valence-electron chi connectivity index (χ1n) is 17.7. The molecule has 0 radical (unpaired) electrons. The van der Waals surface area contributed by atoms with Crippen LogP contribution in [0.3, 0.4) is 0 Å². The van der Waals surface area contributed by atoms with Gasteiger partial charge in [0.15, 0.2) is 29.0 Å². The van der Waals surface area contributed by atoms with Gasteiger partial charge < -0.3 is 40.3 Å². The number of benzene rings is 2.